The summed E-state index contributed by atoms with van der Waals surface area (Å²) in [6, 6.07) is 8.74. The minimum Gasteiger partial charge on any atom is -0.399 e. The molecule has 0 bridgehead atoms. The van der Waals surface area contributed by atoms with Gasteiger partial charge in [0.2, 0.25) is 0 Å². The van der Waals surface area contributed by atoms with Gasteiger partial charge in [-0.15, -0.1) is 0 Å². The van der Waals surface area contributed by atoms with Crippen LogP contribution >= 0.6 is 0 Å². The van der Waals surface area contributed by atoms with Gasteiger partial charge in [0.05, 0.1) is 6.20 Å². The van der Waals surface area contributed by atoms with E-state index in [0.29, 0.717) is 11.3 Å². The van der Waals surface area contributed by atoms with E-state index in [0.717, 1.165) is 5.56 Å². The van der Waals surface area contributed by atoms with Gasteiger partial charge in [-0.25, -0.2) is 4.39 Å². The van der Waals surface area contributed by atoms with Crippen molar-refractivity contribution in [1.29, 1.82) is 0 Å². The lowest BCUT2D eigenvalue weighted by Gasteiger charge is -2.02. The van der Waals surface area contributed by atoms with Crippen molar-refractivity contribution < 1.29 is 4.39 Å². The number of nitrogen functional groups attached to an aromatic ring is 1. The number of anilines is 1. The molecule has 1 aromatic heterocycles. The van der Waals surface area contributed by atoms with Crippen LogP contribution in [0.15, 0.2) is 42.7 Å². The van der Waals surface area contributed by atoms with Crippen LogP contribution in [0.25, 0.3) is 11.1 Å². The van der Waals surface area contributed by atoms with Gasteiger partial charge in [0.1, 0.15) is 5.82 Å². The average molecular weight is 188 g/mol. The van der Waals surface area contributed by atoms with E-state index in [2.05, 4.69) is 4.98 Å². The number of hydrogen-bond acceptors (Lipinski definition) is 2. The van der Waals surface area contributed by atoms with Gasteiger partial charge < -0.3 is 5.73 Å². The quantitative estimate of drug-likeness (QED) is 0.698. The maximum absolute atomic E-state index is 13.3. The van der Waals surface area contributed by atoms with Gasteiger partial charge >= 0.3 is 0 Å². The maximum Gasteiger partial charge on any atom is 0.149 e. The molecule has 2 N–H and O–H groups in total. The lowest BCUT2D eigenvalue weighted by Crippen LogP contribution is -1.88. The molecule has 14 heavy (non-hydrogen) atoms. The van der Waals surface area contributed by atoms with Crippen LogP contribution in [0, 0.1) is 5.82 Å². The number of pyridine rings is 1. The third kappa shape index (κ3) is 1.57. The molecule has 0 aliphatic rings. The molecule has 0 amide bonds. The topological polar surface area (TPSA) is 38.9 Å². The van der Waals surface area contributed by atoms with E-state index in [-0.39, 0.29) is 5.82 Å². The molecular weight excluding hydrogens is 179 g/mol. The lowest BCUT2D eigenvalue weighted by molar-refractivity contribution is 0.625. The van der Waals surface area contributed by atoms with Gasteiger partial charge in [0.15, 0.2) is 0 Å². The summed E-state index contributed by atoms with van der Waals surface area (Å²) in [6.07, 6.45) is 2.75. The smallest absolute Gasteiger partial charge is 0.149 e. The molecule has 0 atom stereocenters. The second kappa shape index (κ2) is 3.46. The Labute approximate surface area is 81.2 Å². The van der Waals surface area contributed by atoms with Crippen molar-refractivity contribution in [1.82, 2.24) is 4.98 Å². The van der Waals surface area contributed by atoms with E-state index < -0.39 is 0 Å². The van der Waals surface area contributed by atoms with E-state index in [1.54, 1.807) is 30.5 Å². The molecule has 70 valence electrons. The standard InChI is InChI=1S/C11H9FN2/c12-11-7-14-5-4-10(11)8-2-1-3-9(13)6-8/h1-7H,13H2. The Balaban J connectivity index is 2.55. The molecule has 0 saturated heterocycles. The zero-order valence-corrected chi connectivity index (χ0v) is 7.44. The van der Waals surface area contributed by atoms with Gasteiger partial charge in [-0.3, -0.25) is 4.98 Å². The summed E-state index contributed by atoms with van der Waals surface area (Å²) in [5.41, 5.74) is 7.52. The normalized spacial score (nSPS) is 10.1. The Bertz CT molecular complexity index is 455. The van der Waals surface area contributed by atoms with Crippen molar-refractivity contribution in [3.63, 3.8) is 0 Å². The molecule has 2 nitrogen and oxygen atoms in total. The summed E-state index contributed by atoms with van der Waals surface area (Å²) in [4.78, 5) is 3.69. The van der Waals surface area contributed by atoms with Gasteiger partial charge in [-0.1, -0.05) is 12.1 Å². The van der Waals surface area contributed by atoms with Crippen molar-refractivity contribution in [3.05, 3.63) is 48.5 Å². The summed E-state index contributed by atoms with van der Waals surface area (Å²) in [7, 11) is 0. The van der Waals surface area contributed by atoms with E-state index in [4.69, 9.17) is 5.73 Å². The Morgan fingerprint density at radius 3 is 2.79 bits per heavy atom. The first-order chi connectivity index (χ1) is 6.77. The summed E-state index contributed by atoms with van der Waals surface area (Å²) in [5, 5.41) is 0. The molecule has 0 aliphatic carbocycles. The average Bonchev–Trinajstić information content (AvgIpc) is 2.18. The van der Waals surface area contributed by atoms with Crippen molar-refractivity contribution >= 4 is 5.69 Å². The first-order valence-electron chi connectivity index (χ1n) is 4.23. The maximum atomic E-state index is 13.3. The van der Waals surface area contributed by atoms with Crippen molar-refractivity contribution in [2.24, 2.45) is 0 Å². The second-order valence-corrected chi connectivity index (χ2v) is 2.98. The fourth-order valence-corrected chi connectivity index (χ4v) is 1.32. The molecule has 0 fully saturated rings. The second-order valence-electron chi connectivity index (χ2n) is 2.98. The molecule has 0 unspecified atom stereocenters. The number of halogens is 1. The highest BCUT2D eigenvalue weighted by Crippen LogP contribution is 2.23. The van der Waals surface area contributed by atoms with Crippen LogP contribution in [-0.2, 0) is 0 Å². The first kappa shape index (κ1) is 8.69. The molecule has 2 rings (SSSR count). The van der Waals surface area contributed by atoms with Crippen LogP contribution in [0.2, 0.25) is 0 Å². The summed E-state index contributed by atoms with van der Waals surface area (Å²) in [5.74, 6) is -0.335. The molecule has 0 aliphatic heterocycles. The van der Waals surface area contributed by atoms with Gasteiger partial charge in [0, 0.05) is 17.4 Å². The monoisotopic (exact) mass is 188 g/mol. The van der Waals surface area contributed by atoms with Crippen LogP contribution in [0.4, 0.5) is 10.1 Å². The zero-order chi connectivity index (χ0) is 9.97. The predicted molar refractivity (Wildman–Crippen MR) is 54.0 cm³/mol. The molecule has 1 heterocycles. The number of aromatic nitrogens is 1. The Hall–Kier alpha value is -1.90. The minimum absolute atomic E-state index is 0.335. The van der Waals surface area contributed by atoms with Crippen LogP contribution in [-0.4, -0.2) is 4.98 Å². The zero-order valence-electron chi connectivity index (χ0n) is 7.44. The number of rotatable bonds is 1. The number of hydrogen-bond donors (Lipinski definition) is 1. The van der Waals surface area contributed by atoms with E-state index >= 15 is 0 Å². The number of nitrogens with two attached hydrogens (primary N) is 1. The summed E-state index contributed by atoms with van der Waals surface area (Å²) < 4.78 is 13.3. The third-order valence-corrected chi connectivity index (χ3v) is 1.97. The molecular formula is C11H9FN2. The van der Waals surface area contributed by atoms with Gasteiger partial charge in [-0.2, -0.15) is 0 Å². The highest BCUT2D eigenvalue weighted by molar-refractivity contribution is 5.67. The fraction of sp³-hybridized carbons (Fsp3) is 0. The van der Waals surface area contributed by atoms with Crippen molar-refractivity contribution in [2.45, 2.75) is 0 Å². The van der Waals surface area contributed by atoms with Crippen LogP contribution in [0.1, 0.15) is 0 Å². The molecule has 0 spiro atoms. The predicted octanol–water partition coefficient (Wildman–Crippen LogP) is 2.47. The molecule has 1 aromatic carbocycles. The first-order valence-corrected chi connectivity index (χ1v) is 4.23. The Kier molecular flexibility index (Phi) is 2.14. The lowest BCUT2D eigenvalue weighted by atomic mass is 10.1. The summed E-state index contributed by atoms with van der Waals surface area (Å²) >= 11 is 0. The van der Waals surface area contributed by atoms with E-state index in [1.165, 1.54) is 6.20 Å². The van der Waals surface area contributed by atoms with Crippen LogP contribution in [0.5, 0.6) is 0 Å². The molecule has 0 radical (unpaired) electrons. The van der Waals surface area contributed by atoms with Crippen LogP contribution in [0.3, 0.4) is 0 Å². The molecule has 2 aromatic rings. The third-order valence-electron chi connectivity index (χ3n) is 1.97. The van der Waals surface area contributed by atoms with E-state index in [1.807, 2.05) is 6.07 Å². The van der Waals surface area contributed by atoms with Gasteiger partial charge in [0.25, 0.3) is 0 Å². The highest BCUT2D eigenvalue weighted by Gasteiger charge is 2.03. The SMILES string of the molecule is Nc1cccc(-c2ccncc2F)c1. The largest absolute Gasteiger partial charge is 0.399 e. The Morgan fingerprint density at radius 1 is 1.21 bits per heavy atom. The number of nitrogens with zero attached hydrogens (tertiary/aromatic N) is 1. The summed E-state index contributed by atoms with van der Waals surface area (Å²) in [6.45, 7) is 0. The molecule has 3 heteroatoms. The fourth-order valence-electron chi connectivity index (χ4n) is 1.32. The molecule has 0 saturated carbocycles. The van der Waals surface area contributed by atoms with E-state index in [9.17, 15) is 4.39 Å². The number of benzene rings is 1. The highest BCUT2D eigenvalue weighted by atomic mass is 19.1. The van der Waals surface area contributed by atoms with Crippen molar-refractivity contribution in [3.8, 4) is 11.1 Å². The van der Waals surface area contributed by atoms with Crippen LogP contribution < -0.4 is 5.73 Å². The van der Waals surface area contributed by atoms with Crippen molar-refractivity contribution in [2.75, 3.05) is 5.73 Å². The Morgan fingerprint density at radius 2 is 2.07 bits per heavy atom. The minimum atomic E-state index is -0.335. The van der Waals surface area contributed by atoms with Gasteiger partial charge in [-0.05, 0) is 23.8 Å².